The van der Waals surface area contributed by atoms with Crippen LogP contribution in [0.5, 0.6) is 0 Å². The molecule has 15 heavy (non-hydrogen) atoms. The van der Waals surface area contributed by atoms with Gasteiger partial charge in [0.05, 0.1) is 4.86 Å². The van der Waals surface area contributed by atoms with Crippen LogP contribution in [0.25, 0.3) is 6.08 Å². The van der Waals surface area contributed by atoms with Gasteiger partial charge < -0.3 is 0 Å². The van der Waals surface area contributed by atoms with Crippen LogP contribution in [0.2, 0.25) is 0 Å². The summed E-state index contributed by atoms with van der Waals surface area (Å²) in [7, 11) is 0. The first-order chi connectivity index (χ1) is 7.36. The smallest absolute Gasteiger partial charge is 0.0549 e. The number of hydrogen-bond acceptors (Lipinski definition) is 2. The highest BCUT2D eigenvalue weighted by Gasteiger charge is 1.96. The molecule has 1 aromatic heterocycles. The molecule has 2 heteroatoms. The average molecular weight is 230 g/mol. The van der Waals surface area contributed by atoms with Crippen molar-refractivity contribution >= 4 is 34.5 Å². The topological polar surface area (TPSA) is 0 Å². The summed E-state index contributed by atoms with van der Waals surface area (Å²) < 4.78 is 0. The van der Waals surface area contributed by atoms with Crippen LogP contribution in [0.15, 0.2) is 53.9 Å². The van der Waals surface area contributed by atoms with Gasteiger partial charge in [0.15, 0.2) is 0 Å². The van der Waals surface area contributed by atoms with E-state index < -0.39 is 0 Å². The van der Waals surface area contributed by atoms with Gasteiger partial charge >= 0.3 is 0 Å². The summed E-state index contributed by atoms with van der Waals surface area (Å²) >= 11 is 6.97. The highest BCUT2D eigenvalue weighted by atomic mass is 32.1. The Bertz CT molecular complexity index is 453. The quantitative estimate of drug-likeness (QED) is 0.433. The first-order valence-corrected chi connectivity index (χ1v) is 5.96. The molecule has 0 aliphatic rings. The number of thiophene rings is 1. The molecule has 2 rings (SSSR count). The molecule has 0 saturated heterocycles. The van der Waals surface area contributed by atoms with E-state index in [0.717, 1.165) is 9.74 Å². The first-order valence-electron chi connectivity index (χ1n) is 4.67. The predicted octanol–water partition coefficient (Wildman–Crippen LogP) is 4.18. The van der Waals surface area contributed by atoms with Crippen molar-refractivity contribution in [2.45, 2.75) is 0 Å². The Morgan fingerprint density at radius 2 is 1.87 bits per heavy atom. The van der Waals surface area contributed by atoms with Crippen molar-refractivity contribution < 1.29 is 0 Å². The van der Waals surface area contributed by atoms with Crippen LogP contribution in [0.3, 0.4) is 0 Å². The number of thiocarbonyl (C=S) groups is 1. The molecule has 0 aliphatic heterocycles. The number of benzene rings is 1. The van der Waals surface area contributed by atoms with E-state index in [4.69, 9.17) is 12.2 Å². The highest BCUT2D eigenvalue weighted by molar-refractivity contribution is 7.81. The van der Waals surface area contributed by atoms with Gasteiger partial charge in [0.2, 0.25) is 0 Å². The molecule has 0 bridgehead atoms. The Balaban J connectivity index is 2.10. The van der Waals surface area contributed by atoms with Gasteiger partial charge in [0.25, 0.3) is 0 Å². The monoisotopic (exact) mass is 230 g/mol. The maximum Gasteiger partial charge on any atom is 0.0549 e. The maximum atomic E-state index is 5.30. The molecule has 1 aromatic carbocycles. The second-order valence-corrected chi connectivity index (χ2v) is 4.47. The lowest BCUT2D eigenvalue weighted by Gasteiger charge is -1.93. The zero-order valence-corrected chi connectivity index (χ0v) is 9.72. The van der Waals surface area contributed by atoms with E-state index in [0.29, 0.717) is 0 Å². The SMILES string of the molecule is S=C(/C=C/c1ccccc1)c1cccs1. The molecule has 0 amide bonds. The maximum absolute atomic E-state index is 5.30. The molecular formula is C13H10S2. The van der Waals surface area contributed by atoms with Gasteiger partial charge in [-0.15, -0.1) is 11.3 Å². The summed E-state index contributed by atoms with van der Waals surface area (Å²) in [5, 5.41) is 2.04. The van der Waals surface area contributed by atoms with E-state index >= 15 is 0 Å². The molecule has 0 unspecified atom stereocenters. The summed E-state index contributed by atoms with van der Waals surface area (Å²) in [6, 6.07) is 14.2. The van der Waals surface area contributed by atoms with Crippen molar-refractivity contribution in [1.29, 1.82) is 0 Å². The largest absolute Gasteiger partial charge is 0.143 e. The standard InChI is InChI=1S/C13H10S2/c14-12(13-7-4-10-15-13)9-8-11-5-2-1-3-6-11/h1-10H/b9-8+. The van der Waals surface area contributed by atoms with Crippen LogP contribution in [-0.4, -0.2) is 4.86 Å². The molecule has 0 radical (unpaired) electrons. The van der Waals surface area contributed by atoms with Crippen molar-refractivity contribution in [3.8, 4) is 0 Å². The van der Waals surface area contributed by atoms with Gasteiger partial charge in [-0.3, -0.25) is 0 Å². The van der Waals surface area contributed by atoms with E-state index in [1.165, 1.54) is 5.56 Å². The lowest BCUT2D eigenvalue weighted by Crippen LogP contribution is -1.86. The van der Waals surface area contributed by atoms with Crippen LogP contribution in [-0.2, 0) is 0 Å². The van der Waals surface area contributed by atoms with Crippen LogP contribution in [0.1, 0.15) is 10.4 Å². The molecule has 0 saturated carbocycles. The molecule has 0 aliphatic carbocycles. The second kappa shape index (κ2) is 5.01. The van der Waals surface area contributed by atoms with E-state index in [2.05, 4.69) is 12.1 Å². The average Bonchev–Trinajstić information content (AvgIpc) is 2.81. The summed E-state index contributed by atoms with van der Waals surface area (Å²) in [4.78, 5) is 2.05. The van der Waals surface area contributed by atoms with Crippen LogP contribution in [0.4, 0.5) is 0 Å². The van der Waals surface area contributed by atoms with E-state index in [1.807, 2.05) is 47.9 Å². The first kappa shape index (κ1) is 10.3. The van der Waals surface area contributed by atoms with Gasteiger partial charge in [-0.25, -0.2) is 0 Å². The zero-order chi connectivity index (χ0) is 10.5. The highest BCUT2D eigenvalue weighted by Crippen LogP contribution is 2.12. The molecule has 2 aromatic rings. The Labute approximate surface area is 98.9 Å². The Morgan fingerprint density at radius 3 is 2.53 bits per heavy atom. The minimum atomic E-state index is 0.897. The van der Waals surface area contributed by atoms with Gasteiger partial charge in [0, 0.05) is 4.88 Å². The molecule has 0 atom stereocenters. The normalized spacial score (nSPS) is 10.7. The minimum Gasteiger partial charge on any atom is -0.143 e. The molecule has 1 heterocycles. The summed E-state index contributed by atoms with van der Waals surface area (Å²) in [6.45, 7) is 0. The molecule has 0 nitrogen and oxygen atoms in total. The predicted molar refractivity (Wildman–Crippen MR) is 71.5 cm³/mol. The molecule has 0 fully saturated rings. The van der Waals surface area contributed by atoms with Crippen molar-refractivity contribution in [3.05, 3.63) is 64.4 Å². The molecule has 74 valence electrons. The van der Waals surface area contributed by atoms with E-state index in [1.54, 1.807) is 11.3 Å². The van der Waals surface area contributed by atoms with Crippen LogP contribution in [0, 0.1) is 0 Å². The van der Waals surface area contributed by atoms with Crippen molar-refractivity contribution in [1.82, 2.24) is 0 Å². The second-order valence-electron chi connectivity index (χ2n) is 3.09. The van der Waals surface area contributed by atoms with Crippen molar-refractivity contribution in [2.24, 2.45) is 0 Å². The Hall–Kier alpha value is -1.25. The van der Waals surface area contributed by atoms with E-state index in [-0.39, 0.29) is 0 Å². The lowest BCUT2D eigenvalue weighted by molar-refractivity contribution is 1.66. The lowest BCUT2D eigenvalue weighted by atomic mass is 10.2. The summed E-state index contributed by atoms with van der Waals surface area (Å²) in [6.07, 6.45) is 4.03. The zero-order valence-electron chi connectivity index (χ0n) is 8.09. The van der Waals surface area contributed by atoms with Crippen molar-refractivity contribution in [2.75, 3.05) is 0 Å². The fourth-order valence-corrected chi connectivity index (χ4v) is 2.16. The van der Waals surface area contributed by atoms with Crippen molar-refractivity contribution in [3.63, 3.8) is 0 Å². The number of allylic oxidation sites excluding steroid dienone is 1. The Morgan fingerprint density at radius 1 is 1.07 bits per heavy atom. The van der Waals surface area contributed by atoms with Crippen LogP contribution < -0.4 is 0 Å². The van der Waals surface area contributed by atoms with Crippen LogP contribution >= 0.6 is 23.6 Å². The Kier molecular flexibility index (Phi) is 3.43. The fourth-order valence-electron chi connectivity index (χ4n) is 1.24. The molecule has 0 N–H and O–H groups in total. The summed E-state index contributed by atoms with van der Waals surface area (Å²) in [5.41, 5.74) is 1.18. The third kappa shape index (κ3) is 2.85. The minimum absolute atomic E-state index is 0.897. The molecule has 0 spiro atoms. The van der Waals surface area contributed by atoms with Gasteiger partial charge in [0.1, 0.15) is 0 Å². The van der Waals surface area contributed by atoms with E-state index in [9.17, 15) is 0 Å². The van der Waals surface area contributed by atoms with Gasteiger partial charge in [-0.1, -0.05) is 54.7 Å². The van der Waals surface area contributed by atoms with Gasteiger partial charge in [-0.2, -0.15) is 0 Å². The summed E-state index contributed by atoms with van der Waals surface area (Å²) in [5.74, 6) is 0. The fraction of sp³-hybridized carbons (Fsp3) is 0. The number of rotatable bonds is 3. The third-order valence-corrected chi connectivity index (χ3v) is 3.38. The third-order valence-electron chi connectivity index (χ3n) is 1.99. The van der Waals surface area contributed by atoms with Gasteiger partial charge in [-0.05, 0) is 23.1 Å². The molecular weight excluding hydrogens is 220 g/mol. The number of hydrogen-bond donors (Lipinski definition) is 0.